The Bertz CT molecular complexity index is 1600. The van der Waals surface area contributed by atoms with Gasteiger partial charge in [0.15, 0.2) is 5.65 Å². The van der Waals surface area contributed by atoms with Crippen molar-refractivity contribution in [2.24, 2.45) is 12.5 Å². The molecule has 2 aromatic heterocycles. The lowest BCUT2D eigenvalue weighted by Gasteiger charge is -2.31. The number of para-hydroxylation sites is 1. The number of aromatic nitrogens is 3. The predicted molar refractivity (Wildman–Crippen MR) is 148 cm³/mol. The van der Waals surface area contributed by atoms with Crippen molar-refractivity contribution in [1.82, 2.24) is 18.4 Å². The van der Waals surface area contributed by atoms with E-state index in [1.54, 1.807) is 44.8 Å². The minimum atomic E-state index is -3.68. The Kier molecular flexibility index (Phi) is 6.92. The van der Waals surface area contributed by atoms with Crippen LogP contribution in [0, 0.1) is 5.41 Å². The number of hydrogen-bond donors (Lipinski definition) is 0. The van der Waals surface area contributed by atoms with Crippen LogP contribution in [-0.4, -0.2) is 39.9 Å². The Balaban J connectivity index is 1.36. The van der Waals surface area contributed by atoms with Crippen LogP contribution >= 0.6 is 0 Å². The third kappa shape index (κ3) is 5.26. The molecule has 4 aromatic rings. The first-order chi connectivity index (χ1) is 18.0. The van der Waals surface area contributed by atoms with Crippen LogP contribution in [0.4, 0.5) is 0 Å². The van der Waals surface area contributed by atoms with Crippen LogP contribution in [0.25, 0.3) is 11.2 Å². The molecule has 200 valence electrons. The minimum Gasteiger partial charge on any atom is -0.457 e. The maximum atomic E-state index is 13.5. The molecule has 0 N–H and O–H groups in total. The number of fused-ring (bicyclic) bond motifs is 1. The highest BCUT2D eigenvalue weighted by Gasteiger charge is 2.32. The number of rotatable bonds is 6. The summed E-state index contributed by atoms with van der Waals surface area (Å²) in [6.07, 6.45) is 1.58. The van der Waals surface area contributed by atoms with Gasteiger partial charge in [0.25, 0.3) is 0 Å². The van der Waals surface area contributed by atoms with E-state index in [4.69, 9.17) is 9.72 Å². The lowest BCUT2D eigenvalue weighted by Crippen LogP contribution is -2.39. The summed E-state index contributed by atoms with van der Waals surface area (Å²) in [7, 11) is -1.94. The number of sulfonamides is 1. The SMILES string of the molecule is Cn1c(=O)n(CC(C)(C)C)c2ccc(C3CCCN(S(=O)(=O)c4ccc(Oc5ccccc5)cc4)C3)nc21. The number of ether oxygens (including phenoxy) is 1. The Morgan fingerprint density at radius 1 is 0.974 bits per heavy atom. The van der Waals surface area contributed by atoms with Crippen LogP contribution < -0.4 is 10.4 Å². The van der Waals surface area contributed by atoms with Gasteiger partial charge in [-0.05, 0) is 66.8 Å². The minimum absolute atomic E-state index is 0.0512. The highest BCUT2D eigenvalue weighted by atomic mass is 32.2. The predicted octanol–water partition coefficient (Wildman–Crippen LogP) is 5.14. The van der Waals surface area contributed by atoms with Crippen molar-refractivity contribution in [3.63, 3.8) is 0 Å². The second-order valence-corrected chi connectivity index (χ2v) is 13.1. The second kappa shape index (κ2) is 10.0. The summed E-state index contributed by atoms with van der Waals surface area (Å²) in [5.74, 6) is 1.22. The fourth-order valence-electron chi connectivity index (χ4n) is 5.00. The van der Waals surface area contributed by atoms with Crippen LogP contribution in [0.15, 0.2) is 76.4 Å². The molecule has 0 bridgehead atoms. The van der Waals surface area contributed by atoms with E-state index in [1.165, 1.54) is 0 Å². The number of hydrogen-bond acceptors (Lipinski definition) is 5. The van der Waals surface area contributed by atoms with Gasteiger partial charge < -0.3 is 4.74 Å². The first-order valence-corrected chi connectivity index (χ1v) is 14.4. The first-order valence-electron chi connectivity index (χ1n) is 12.9. The number of nitrogens with zero attached hydrogens (tertiary/aromatic N) is 4. The molecule has 8 nitrogen and oxygen atoms in total. The smallest absolute Gasteiger partial charge is 0.330 e. The highest BCUT2D eigenvalue weighted by molar-refractivity contribution is 7.89. The topological polar surface area (TPSA) is 86.4 Å². The normalized spacial score (nSPS) is 17.1. The van der Waals surface area contributed by atoms with Crippen molar-refractivity contribution in [1.29, 1.82) is 0 Å². The summed E-state index contributed by atoms with van der Waals surface area (Å²) in [4.78, 5) is 18.0. The van der Waals surface area contributed by atoms with Crippen molar-refractivity contribution in [3.05, 3.63) is 82.9 Å². The van der Waals surface area contributed by atoms with Gasteiger partial charge in [-0.2, -0.15) is 4.31 Å². The van der Waals surface area contributed by atoms with Crippen molar-refractivity contribution in [2.45, 2.75) is 51.0 Å². The van der Waals surface area contributed by atoms with Crippen molar-refractivity contribution >= 4 is 21.2 Å². The molecule has 0 aliphatic carbocycles. The molecule has 1 unspecified atom stereocenters. The van der Waals surface area contributed by atoms with Crippen LogP contribution in [-0.2, 0) is 23.6 Å². The van der Waals surface area contributed by atoms with E-state index in [9.17, 15) is 13.2 Å². The standard InChI is InChI=1S/C29H34N4O4S/c1-29(2,3)20-33-26-17-16-25(30-27(26)31(4)28(33)34)21-9-8-18-32(19-21)38(35,36)24-14-12-23(13-15-24)37-22-10-6-5-7-11-22/h5-7,10-17,21H,8-9,18-20H2,1-4H3. The van der Waals surface area contributed by atoms with Gasteiger partial charge in [-0.1, -0.05) is 39.0 Å². The fourth-order valence-corrected chi connectivity index (χ4v) is 6.52. The summed E-state index contributed by atoms with van der Waals surface area (Å²) >= 11 is 0. The maximum absolute atomic E-state index is 13.5. The summed E-state index contributed by atoms with van der Waals surface area (Å²) < 4.78 is 37.7. The third-order valence-corrected chi connectivity index (χ3v) is 8.76. The molecule has 0 spiro atoms. The molecule has 9 heteroatoms. The molecule has 5 rings (SSSR count). The molecule has 38 heavy (non-hydrogen) atoms. The maximum Gasteiger partial charge on any atom is 0.330 e. The number of benzene rings is 2. The lowest BCUT2D eigenvalue weighted by molar-refractivity contribution is 0.313. The fraction of sp³-hybridized carbons (Fsp3) is 0.379. The summed E-state index contributed by atoms with van der Waals surface area (Å²) in [5, 5.41) is 0. The number of pyridine rings is 1. The molecule has 0 amide bonds. The molecule has 1 fully saturated rings. The Morgan fingerprint density at radius 3 is 2.34 bits per heavy atom. The second-order valence-electron chi connectivity index (χ2n) is 11.2. The Hall–Kier alpha value is -3.43. The molecule has 0 saturated carbocycles. The molecular formula is C29H34N4O4S. The third-order valence-electron chi connectivity index (χ3n) is 6.88. The largest absolute Gasteiger partial charge is 0.457 e. The van der Waals surface area contributed by atoms with Crippen molar-refractivity contribution in [2.75, 3.05) is 13.1 Å². The van der Waals surface area contributed by atoms with Gasteiger partial charge in [0.2, 0.25) is 10.0 Å². The molecule has 1 aliphatic heterocycles. The van der Waals surface area contributed by atoms with Gasteiger partial charge in [0.05, 0.1) is 10.4 Å². The lowest BCUT2D eigenvalue weighted by atomic mass is 9.95. The molecule has 1 aliphatic rings. The highest BCUT2D eigenvalue weighted by Crippen LogP contribution is 2.31. The Morgan fingerprint density at radius 2 is 1.66 bits per heavy atom. The molecule has 2 aromatic carbocycles. The quantitative estimate of drug-likeness (QED) is 0.342. The van der Waals surface area contributed by atoms with E-state index in [0.29, 0.717) is 36.8 Å². The summed E-state index contributed by atoms with van der Waals surface area (Å²) in [6, 6.07) is 19.8. The summed E-state index contributed by atoms with van der Waals surface area (Å²) in [6.45, 7) is 7.70. The monoisotopic (exact) mass is 534 g/mol. The van der Waals surface area contributed by atoms with E-state index in [2.05, 4.69) is 20.8 Å². The Labute approximate surface area is 223 Å². The average Bonchev–Trinajstić information content (AvgIpc) is 3.13. The molecule has 3 heterocycles. The van der Waals surface area contributed by atoms with Gasteiger partial charge in [0.1, 0.15) is 11.5 Å². The molecular weight excluding hydrogens is 500 g/mol. The zero-order chi connectivity index (χ0) is 27.1. The molecule has 0 radical (unpaired) electrons. The van der Waals surface area contributed by atoms with Crippen LogP contribution in [0.5, 0.6) is 11.5 Å². The van der Waals surface area contributed by atoms with E-state index >= 15 is 0 Å². The van der Waals surface area contributed by atoms with E-state index in [1.807, 2.05) is 42.5 Å². The van der Waals surface area contributed by atoms with E-state index in [-0.39, 0.29) is 21.9 Å². The molecule has 1 atom stereocenters. The average molecular weight is 535 g/mol. The molecule has 1 saturated heterocycles. The zero-order valence-corrected chi connectivity index (χ0v) is 23.1. The number of aryl methyl sites for hydroxylation is 1. The van der Waals surface area contributed by atoms with Gasteiger partial charge in [-0.15, -0.1) is 0 Å². The van der Waals surface area contributed by atoms with Crippen LogP contribution in [0.3, 0.4) is 0 Å². The van der Waals surface area contributed by atoms with Gasteiger partial charge in [0, 0.05) is 38.3 Å². The van der Waals surface area contributed by atoms with Crippen LogP contribution in [0.2, 0.25) is 0 Å². The number of piperidine rings is 1. The van der Waals surface area contributed by atoms with E-state index in [0.717, 1.165) is 24.1 Å². The van der Waals surface area contributed by atoms with Crippen LogP contribution in [0.1, 0.15) is 45.2 Å². The van der Waals surface area contributed by atoms with Gasteiger partial charge in [-0.25, -0.2) is 18.2 Å². The summed E-state index contributed by atoms with van der Waals surface area (Å²) in [5.41, 5.74) is 2.10. The first kappa shape index (κ1) is 26.2. The van der Waals surface area contributed by atoms with E-state index < -0.39 is 10.0 Å². The van der Waals surface area contributed by atoms with Gasteiger partial charge in [-0.3, -0.25) is 9.13 Å². The van der Waals surface area contributed by atoms with Crippen molar-refractivity contribution < 1.29 is 13.2 Å². The van der Waals surface area contributed by atoms with Gasteiger partial charge >= 0.3 is 5.69 Å². The van der Waals surface area contributed by atoms with Crippen molar-refractivity contribution in [3.8, 4) is 11.5 Å². The number of imidazole rings is 1. The zero-order valence-electron chi connectivity index (χ0n) is 22.3.